The predicted molar refractivity (Wildman–Crippen MR) is 137 cm³/mol. The number of rotatable bonds is 6. The van der Waals surface area contributed by atoms with Gasteiger partial charge in [-0.1, -0.05) is 36.4 Å². The summed E-state index contributed by atoms with van der Waals surface area (Å²) in [4.78, 5) is 22.7. The Morgan fingerprint density at radius 2 is 1.72 bits per heavy atom. The number of carbonyl (C=O) groups excluding carboxylic acids is 1. The van der Waals surface area contributed by atoms with Crippen LogP contribution in [-0.2, 0) is 14.8 Å². The number of sulfonamides is 1. The molecule has 4 aromatic rings. The molecule has 1 saturated heterocycles. The molecule has 1 amide bonds. The lowest BCUT2D eigenvalue weighted by atomic mass is 10.0. The number of amides is 1. The van der Waals surface area contributed by atoms with Crippen molar-refractivity contribution in [3.63, 3.8) is 0 Å². The summed E-state index contributed by atoms with van der Waals surface area (Å²) in [6.07, 6.45) is 1.66. The van der Waals surface area contributed by atoms with E-state index in [1.54, 1.807) is 18.3 Å². The van der Waals surface area contributed by atoms with Gasteiger partial charge in [-0.2, -0.15) is 4.31 Å². The minimum Gasteiger partial charge on any atom is -0.379 e. The Hall–Kier alpha value is -3.66. The van der Waals surface area contributed by atoms with Gasteiger partial charge in [-0.25, -0.2) is 13.4 Å². The molecule has 1 aliphatic rings. The number of nitrogens with zero attached hydrogens (tertiary/aromatic N) is 3. The first-order valence-corrected chi connectivity index (χ1v) is 13.2. The van der Waals surface area contributed by atoms with Crippen molar-refractivity contribution in [1.29, 1.82) is 0 Å². The van der Waals surface area contributed by atoms with Gasteiger partial charge in [-0.05, 0) is 48.9 Å². The van der Waals surface area contributed by atoms with E-state index in [0.29, 0.717) is 54.2 Å². The highest BCUT2D eigenvalue weighted by Crippen LogP contribution is 2.28. The van der Waals surface area contributed by atoms with Crippen molar-refractivity contribution in [3.8, 4) is 11.4 Å². The van der Waals surface area contributed by atoms with Crippen molar-refractivity contribution in [3.05, 3.63) is 90.1 Å². The maximum Gasteiger partial charge on any atom is 0.252 e. The SMILES string of the molecule is C[C@@H](NC(=O)c1cc(-c2ccccn2)nc2ccc(S(=O)(=O)N3CCOCC3)cc12)c1ccccc1. The zero-order valence-corrected chi connectivity index (χ0v) is 20.6. The van der Waals surface area contributed by atoms with E-state index in [0.717, 1.165) is 5.56 Å². The van der Waals surface area contributed by atoms with Crippen LogP contribution in [0.4, 0.5) is 0 Å². The summed E-state index contributed by atoms with van der Waals surface area (Å²) < 4.78 is 33.3. The largest absolute Gasteiger partial charge is 0.379 e. The Bertz CT molecular complexity index is 1490. The molecule has 2 aromatic heterocycles. The Morgan fingerprint density at radius 1 is 0.972 bits per heavy atom. The number of hydrogen-bond donors (Lipinski definition) is 1. The monoisotopic (exact) mass is 502 g/mol. The summed E-state index contributed by atoms with van der Waals surface area (Å²) in [6, 6.07) is 21.3. The lowest BCUT2D eigenvalue weighted by molar-refractivity contribution is 0.0730. The molecule has 1 atom stereocenters. The van der Waals surface area contributed by atoms with Crippen LogP contribution in [0.1, 0.15) is 28.9 Å². The van der Waals surface area contributed by atoms with Gasteiger partial charge in [0.05, 0.1) is 46.6 Å². The second-order valence-corrected chi connectivity index (χ2v) is 10.5. The topological polar surface area (TPSA) is 101 Å². The molecule has 36 heavy (non-hydrogen) atoms. The van der Waals surface area contributed by atoms with Crippen LogP contribution in [0.5, 0.6) is 0 Å². The van der Waals surface area contributed by atoms with Gasteiger partial charge >= 0.3 is 0 Å². The second-order valence-electron chi connectivity index (χ2n) is 8.57. The van der Waals surface area contributed by atoms with E-state index in [1.807, 2.05) is 55.5 Å². The van der Waals surface area contributed by atoms with Crippen LogP contribution >= 0.6 is 0 Å². The summed E-state index contributed by atoms with van der Waals surface area (Å²) in [6.45, 7) is 3.20. The van der Waals surface area contributed by atoms with Crippen LogP contribution < -0.4 is 5.32 Å². The first-order valence-electron chi connectivity index (χ1n) is 11.7. The number of pyridine rings is 2. The van der Waals surface area contributed by atoms with Crippen molar-refractivity contribution in [2.24, 2.45) is 0 Å². The Balaban J connectivity index is 1.60. The average molecular weight is 503 g/mol. The number of benzene rings is 2. The molecule has 0 radical (unpaired) electrons. The number of morpholine rings is 1. The summed E-state index contributed by atoms with van der Waals surface area (Å²) in [5, 5.41) is 3.50. The maximum absolute atomic E-state index is 13.6. The number of hydrogen-bond acceptors (Lipinski definition) is 6. The van der Waals surface area contributed by atoms with Crippen molar-refractivity contribution in [1.82, 2.24) is 19.6 Å². The first kappa shape index (κ1) is 24.1. The fraction of sp³-hybridized carbons (Fsp3) is 0.222. The molecular formula is C27H26N4O4S. The molecule has 1 N–H and O–H groups in total. The van der Waals surface area contributed by atoms with E-state index in [1.165, 1.54) is 16.4 Å². The van der Waals surface area contributed by atoms with E-state index >= 15 is 0 Å². The van der Waals surface area contributed by atoms with Crippen molar-refractivity contribution < 1.29 is 17.9 Å². The van der Waals surface area contributed by atoms with Crippen LogP contribution in [0.2, 0.25) is 0 Å². The smallest absolute Gasteiger partial charge is 0.252 e. The lowest BCUT2D eigenvalue weighted by Crippen LogP contribution is -2.40. The third kappa shape index (κ3) is 4.86. The molecule has 5 rings (SSSR count). The minimum atomic E-state index is -3.74. The molecule has 9 heteroatoms. The van der Waals surface area contributed by atoms with Crippen molar-refractivity contribution >= 4 is 26.8 Å². The number of carbonyl (C=O) groups is 1. The lowest BCUT2D eigenvalue weighted by Gasteiger charge is -2.26. The fourth-order valence-corrected chi connectivity index (χ4v) is 5.67. The van der Waals surface area contributed by atoms with Crippen LogP contribution in [0, 0.1) is 0 Å². The van der Waals surface area contributed by atoms with Gasteiger partial charge in [0.2, 0.25) is 10.0 Å². The molecule has 3 heterocycles. The van der Waals surface area contributed by atoms with Gasteiger partial charge in [0.15, 0.2) is 0 Å². The molecule has 0 aliphatic carbocycles. The molecular weight excluding hydrogens is 476 g/mol. The highest BCUT2D eigenvalue weighted by molar-refractivity contribution is 7.89. The third-order valence-electron chi connectivity index (χ3n) is 6.21. The van der Waals surface area contributed by atoms with Gasteiger partial charge < -0.3 is 10.1 Å². The summed E-state index contributed by atoms with van der Waals surface area (Å²) >= 11 is 0. The van der Waals surface area contributed by atoms with E-state index in [4.69, 9.17) is 9.72 Å². The van der Waals surface area contributed by atoms with E-state index in [2.05, 4.69) is 10.3 Å². The zero-order valence-electron chi connectivity index (χ0n) is 19.8. The number of aromatic nitrogens is 2. The maximum atomic E-state index is 13.6. The average Bonchev–Trinajstić information content (AvgIpc) is 2.93. The van der Waals surface area contributed by atoms with Crippen molar-refractivity contribution in [2.75, 3.05) is 26.3 Å². The van der Waals surface area contributed by atoms with Crippen LogP contribution in [0.3, 0.4) is 0 Å². The molecule has 1 fully saturated rings. The Labute approximate surface area is 210 Å². The predicted octanol–water partition coefficient (Wildman–Crippen LogP) is 3.81. The van der Waals surface area contributed by atoms with Gasteiger partial charge in [0.25, 0.3) is 5.91 Å². The van der Waals surface area contributed by atoms with E-state index in [-0.39, 0.29) is 16.8 Å². The molecule has 0 spiro atoms. The highest BCUT2D eigenvalue weighted by atomic mass is 32.2. The number of ether oxygens (including phenoxy) is 1. The van der Waals surface area contributed by atoms with Crippen molar-refractivity contribution in [2.45, 2.75) is 17.9 Å². The van der Waals surface area contributed by atoms with Crippen LogP contribution in [0.25, 0.3) is 22.3 Å². The number of fused-ring (bicyclic) bond motifs is 1. The molecule has 184 valence electrons. The molecule has 0 unspecified atom stereocenters. The Kier molecular flexibility index (Phi) is 6.77. The summed E-state index contributed by atoms with van der Waals surface area (Å²) in [5.74, 6) is -0.322. The van der Waals surface area contributed by atoms with Crippen LogP contribution in [0.15, 0.2) is 83.9 Å². The minimum absolute atomic E-state index is 0.120. The van der Waals surface area contributed by atoms with E-state index < -0.39 is 10.0 Å². The van der Waals surface area contributed by atoms with E-state index in [9.17, 15) is 13.2 Å². The molecule has 0 bridgehead atoms. The second kappa shape index (κ2) is 10.1. The number of nitrogens with one attached hydrogen (secondary N) is 1. The van der Waals surface area contributed by atoms with Gasteiger partial charge in [0.1, 0.15) is 0 Å². The quantitative estimate of drug-likeness (QED) is 0.430. The highest BCUT2D eigenvalue weighted by Gasteiger charge is 2.27. The fourth-order valence-electron chi connectivity index (χ4n) is 4.23. The molecule has 2 aromatic carbocycles. The summed E-state index contributed by atoms with van der Waals surface area (Å²) in [7, 11) is -3.74. The zero-order chi connectivity index (χ0) is 25.1. The van der Waals surface area contributed by atoms with Gasteiger partial charge in [-0.3, -0.25) is 9.78 Å². The van der Waals surface area contributed by atoms with Gasteiger partial charge in [-0.15, -0.1) is 0 Å². The summed E-state index contributed by atoms with van der Waals surface area (Å²) in [5.41, 5.74) is 2.96. The normalized spacial score (nSPS) is 15.5. The molecule has 0 saturated carbocycles. The standard InChI is InChI=1S/C27H26N4O4S/c1-19(20-7-3-2-4-8-20)29-27(32)23-18-26(25-9-5-6-12-28-25)30-24-11-10-21(17-22(23)24)36(33,34)31-13-15-35-16-14-31/h2-12,17-19H,13-16H2,1H3,(H,29,32)/t19-/m1/s1. The Morgan fingerprint density at radius 3 is 2.44 bits per heavy atom. The molecule has 8 nitrogen and oxygen atoms in total. The third-order valence-corrected chi connectivity index (χ3v) is 8.10. The molecule has 1 aliphatic heterocycles. The van der Waals surface area contributed by atoms with Gasteiger partial charge in [0, 0.05) is 24.7 Å². The first-order chi connectivity index (χ1) is 17.4. The van der Waals surface area contributed by atoms with Crippen LogP contribution in [-0.4, -0.2) is 54.9 Å².